The third-order valence-electron chi connectivity index (χ3n) is 3.82. The van der Waals surface area contributed by atoms with Crippen molar-refractivity contribution < 1.29 is 4.79 Å². The normalized spacial score (nSPS) is 12.4. The highest BCUT2D eigenvalue weighted by Gasteiger charge is 2.18. The molecule has 2 aromatic rings. The number of rotatable bonds is 7. The number of nitrogens with zero attached hydrogens (tertiary/aromatic N) is 2. The largest absolute Gasteiger partial charge is 0.348 e. The summed E-state index contributed by atoms with van der Waals surface area (Å²) in [4.78, 5) is 20.5. The van der Waals surface area contributed by atoms with E-state index in [1.807, 2.05) is 0 Å². The molecule has 0 saturated heterocycles. The third-order valence-corrected chi connectivity index (χ3v) is 4.70. The molecule has 0 aliphatic carbocycles. The Hall–Kier alpha value is -1.88. The first kappa shape index (κ1) is 18.5. The Morgan fingerprint density at radius 2 is 1.62 bits per heavy atom. The van der Waals surface area contributed by atoms with Crippen molar-refractivity contribution in [3.8, 4) is 0 Å². The van der Waals surface area contributed by atoms with Gasteiger partial charge in [0.05, 0.1) is 11.8 Å². The molecule has 2 rings (SSSR count). The first-order chi connectivity index (χ1) is 11.5. The highest BCUT2D eigenvalue weighted by Crippen LogP contribution is 2.24. The van der Waals surface area contributed by atoms with E-state index in [9.17, 15) is 4.79 Å². The van der Waals surface area contributed by atoms with Crippen LogP contribution >= 0.6 is 11.8 Å². The van der Waals surface area contributed by atoms with Crippen LogP contribution in [0.25, 0.3) is 0 Å². The predicted molar refractivity (Wildman–Crippen MR) is 99.0 cm³/mol. The molecule has 128 valence electrons. The van der Waals surface area contributed by atoms with Gasteiger partial charge < -0.3 is 5.32 Å². The first-order valence-electron chi connectivity index (χ1n) is 8.26. The second-order valence-electron chi connectivity index (χ2n) is 6.43. The molecule has 0 spiro atoms. The van der Waals surface area contributed by atoms with Gasteiger partial charge in [0.2, 0.25) is 5.91 Å². The maximum Gasteiger partial charge on any atom is 0.230 e. The number of hydrogen-bond acceptors (Lipinski definition) is 4. The maximum absolute atomic E-state index is 12.3. The average Bonchev–Trinajstić information content (AvgIpc) is 2.58. The molecule has 1 atom stereocenters. The lowest BCUT2D eigenvalue weighted by molar-refractivity contribution is -0.119. The first-order valence-corrected chi connectivity index (χ1v) is 9.25. The van der Waals surface area contributed by atoms with Crippen molar-refractivity contribution in [3.63, 3.8) is 0 Å². The summed E-state index contributed by atoms with van der Waals surface area (Å²) < 4.78 is 0. The summed E-state index contributed by atoms with van der Waals surface area (Å²) in [5.41, 5.74) is 2.45. The van der Waals surface area contributed by atoms with Crippen molar-refractivity contribution in [1.29, 1.82) is 0 Å². The van der Waals surface area contributed by atoms with Gasteiger partial charge in [-0.3, -0.25) is 4.79 Å². The van der Waals surface area contributed by atoms with Gasteiger partial charge in [-0.25, -0.2) is 9.97 Å². The molecule has 4 nitrogen and oxygen atoms in total. The van der Waals surface area contributed by atoms with Gasteiger partial charge in [0.1, 0.15) is 0 Å². The van der Waals surface area contributed by atoms with Crippen molar-refractivity contribution >= 4 is 17.7 Å². The van der Waals surface area contributed by atoms with Crippen molar-refractivity contribution in [1.82, 2.24) is 15.3 Å². The molecule has 0 radical (unpaired) electrons. The van der Waals surface area contributed by atoms with Gasteiger partial charge >= 0.3 is 0 Å². The van der Waals surface area contributed by atoms with Gasteiger partial charge in [-0.1, -0.05) is 63.7 Å². The summed E-state index contributed by atoms with van der Waals surface area (Å²) in [6, 6.07) is 10.3. The summed E-state index contributed by atoms with van der Waals surface area (Å²) in [6.07, 6.45) is 3.36. The predicted octanol–water partition coefficient (Wildman–Crippen LogP) is 4.21. The zero-order valence-corrected chi connectivity index (χ0v) is 15.5. The molecule has 1 amide bonds. The summed E-state index contributed by atoms with van der Waals surface area (Å²) in [5.74, 6) is 1.14. The molecule has 0 fully saturated rings. The molecule has 1 heterocycles. The molecule has 24 heavy (non-hydrogen) atoms. The number of carbonyl (C=O) groups is 1. The minimum atomic E-state index is -0.000843. The second kappa shape index (κ2) is 8.83. The molecule has 1 aromatic heterocycles. The Labute approximate surface area is 148 Å². The van der Waals surface area contributed by atoms with Crippen LogP contribution in [0.2, 0.25) is 0 Å². The molecular weight excluding hydrogens is 318 g/mol. The Morgan fingerprint density at radius 1 is 1.04 bits per heavy atom. The van der Waals surface area contributed by atoms with E-state index in [1.54, 1.807) is 18.5 Å². The molecule has 1 N–H and O–H groups in total. The monoisotopic (exact) mass is 343 g/mol. The molecule has 5 heteroatoms. The molecular formula is C19H25N3OS. The molecule has 0 bridgehead atoms. The van der Waals surface area contributed by atoms with Gasteiger partial charge in [0.15, 0.2) is 5.16 Å². The molecule has 1 aromatic carbocycles. The van der Waals surface area contributed by atoms with Crippen molar-refractivity contribution in [3.05, 3.63) is 53.9 Å². The summed E-state index contributed by atoms with van der Waals surface area (Å²) in [7, 11) is 0. The number of carbonyl (C=O) groups excluding carboxylic acids is 1. The minimum absolute atomic E-state index is 0.000843. The quantitative estimate of drug-likeness (QED) is 0.604. The van der Waals surface area contributed by atoms with Crippen LogP contribution in [0.4, 0.5) is 0 Å². The zero-order valence-electron chi connectivity index (χ0n) is 14.7. The van der Waals surface area contributed by atoms with Gasteiger partial charge in [-0.05, 0) is 29.0 Å². The Bertz CT molecular complexity index is 641. The molecule has 0 saturated carbocycles. The standard InChI is InChI=1S/C19H25N3OS/c1-13(2)15-6-8-16(9-7-15)18(14(3)4)22-17(23)12-24-19-20-10-5-11-21-19/h5-11,13-14,18H,12H2,1-4H3,(H,22,23)/t18-/m1/s1. The van der Waals surface area contributed by atoms with E-state index in [0.29, 0.717) is 22.7 Å². The minimum Gasteiger partial charge on any atom is -0.348 e. The van der Waals surface area contributed by atoms with Crippen LogP contribution in [0.5, 0.6) is 0 Å². The van der Waals surface area contributed by atoms with Crippen LogP contribution < -0.4 is 5.32 Å². The molecule has 0 aliphatic heterocycles. The van der Waals surface area contributed by atoms with E-state index < -0.39 is 0 Å². The van der Waals surface area contributed by atoms with E-state index in [-0.39, 0.29) is 11.9 Å². The highest BCUT2D eigenvalue weighted by molar-refractivity contribution is 7.99. The number of benzene rings is 1. The Morgan fingerprint density at radius 3 is 2.17 bits per heavy atom. The van der Waals surface area contributed by atoms with Crippen LogP contribution in [0.3, 0.4) is 0 Å². The third kappa shape index (κ3) is 5.34. The number of thioether (sulfide) groups is 1. The van der Waals surface area contributed by atoms with E-state index in [4.69, 9.17) is 0 Å². The van der Waals surface area contributed by atoms with Crippen LogP contribution in [0.1, 0.15) is 50.8 Å². The highest BCUT2D eigenvalue weighted by atomic mass is 32.2. The fraction of sp³-hybridized carbons (Fsp3) is 0.421. The smallest absolute Gasteiger partial charge is 0.230 e. The fourth-order valence-electron chi connectivity index (χ4n) is 2.43. The molecule has 0 aliphatic rings. The number of hydrogen-bond donors (Lipinski definition) is 1. The van der Waals surface area contributed by atoms with E-state index in [1.165, 1.54) is 17.3 Å². The van der Waals surface area contributed by atoms with Gasteiger partial charge in [-0.15, -0.1) is 0 Å². The lowest BCUT2D eigenvalue weighted by Crippen LogP contribution is -2.33. The van der Waals surface area contributed by atoms with Crippen molar-refractivity contribution in [2.75, 3.05) is 5.75 Å². The second-order valence-corrected chi connectivity index (χ2v) is 7.37. The number of amides is 1. The van der Waals surface area contributed by atoms with Crippen LogP contribution in [0.15, 0.2) is 47.9 Å². The van der Waals surface area contributed by atoms with Crippen molar-refractivity contribution in [2.24, 2.45) is 5.92 Å². The average molecular weight is 343 g/mol. The zero-order chi connectivity index (χ0) is 17.5. The van der Waals surface area contributed by atoms with Gasteiger partial charge in [-0.2, -0.15) is 0 Å². The lowest BCUT2D eigenvalue weighted by Gasteiger charge is -2.23. The fourth-order valence-corrected chi connectivity index (χ4v) is 3.04. The number of nitrogens with one attached hydrogen (secondary N) is 1. The van der Waals surface area contributed by atoms with Crippen molar-refractivity contribution in [2.45, 2.75) is 44.8 Å². The van der Waals surface area contributed by atoms with Gasteiger partial charge in [0.25, 0.3) is 0 Å². The summed E-state index contributed by atoms with van der Waals surface area (Å²) in [6.45, 7) is 8.60. The Kier molecular flexibility index (Phi) is 6.79. The summed E-state index contributed by atoms with van der Waals surface area (Å²) in [5, 5.41) is 3.76. The lowest BCUT2D eigenvalue weighted by atomic mass is 9.93. The van der Waals surface area contributed by atoms with Crippen LogP contribution in [-0.4, -0.2) is 21.6 Å². The SMILES string of the molecule is CC(C)c1ccc([C@H](NC(=O)CSc2ncccn2)C(C)C)cc1. The van der Waals surface area contributed by atoms with Crippen LogP contribution in [-0.2, 0) is 4.79 Å². The summed E-state index contributed by atoms with van der Waals surface area (Å²) >= 11 is 1.35. The van der Waals surface area contributed by atoms with Crippen LogP contribution in [0, 0.1) is 5.92 Å². The van der Waals surface area contributed by atoms with E-state index in [0.717, 1.165) is 5.56 Å². The van der Waals surface area contributed by atoms with E-state index in [2.05, 4.69) is 67.2 Å². The molecule has 0 unspecified atom stereocenters. The topological polar surface area (TPSA) is 54.9 Å². The Balaban J connectivity index is 1.98. The van der Waals surface area contributed by atoms with Gasteiger partial charge in [0, 0.05) is 12.4 Å². The number of aromatic nitrogens is 2. The van der Waals surface area contributed by atoms with E-state index >= 15 is 0 Å². The maximum atomic E-state index is 12.3.